The van der Waals surface area contributed by atoms with Gasteiger partial charge in [0.25, 0.3) is 0 Å². The molecule has 3 rings (SSSR count). The smallest absolute Gasteiger partial charge is 0.416 e. The highest BCUT2D eigenvalue weighted by atomic mass is 19.4. The van der Waals surface area contributed by atoms with Gasteiger partial charge in [0.1, 0.15) is 5.76 Å². The van der Waals surface area contributed by atoms with Gasteiger partial charge >= 0.3 is 6.18 Å². The van der Waals surface area contributed by atoms with E-state index in [0.29, 0.717) is 39.9 Å². The number of fused-ring (bicyclic) bond motifs is 1. The first-order chi connectivity index (χ1) is 10.9. The molecule has 0 saturated heterocycles. The zero-order valence-corrected chi connectivity index (χ0v) is 12.0. The number of carbonyl (C=O) groups is 1. The van der Waals surface area contributed by atoms with Gasteiger partial charge < -0.3 is 9.15 Å². The molecule has 0 radical (unpaired) electrons. The Balaban J connectivity index is 2.12. The first-order valence-electron chi connectivity index (χ1n) is 6.67. The molecule has 0 unspecified atom stereocenters. The molecule has 1 heterocycles. The van der Waals surface area contributed by atoms with E-state index in [2.05, 4.69) is 0 Å². The molecule has 0 aliphatic carbocycles. The summed E-state index contributed by atoms with van der Waals surface area (Å²) < 4.78 is 48.7. The highest BCUT2D eigenvalue weighted by molar-refractivity contribution is 6.00. The lowest BCUT2D eigenvalue weighted by Crippen LogP contribution is -2.03. The highest BCUT2D eigenvalue weighted by Crippen LogP contribution is 2.36. The lowest BCUT2D eigenvalue weighted by Gasteiger charge is -2.06. The zero-order valence-electron chi connectivity index (χ0n) is 12.0. The number of rotatable bonds is 3. The van der Waals surface area contributed by atoms with Crippen molar-refractivity contribution < 1.29 is 27.1 Å². The normalized spacial score (nSPS) is 11.7. The van der Waals surface area contributed by atoms with Gasteiger partial charge in [0.15, 0.2) is 17.6 Å². The number of furan rings is 1. The van der Waals surface area contributed by atoms with Crippen LogP contribution in [-0.4, -0.2) is 13.4 Å². The van der Waals surface area contributed by atoms with Crippen LogP contribution in [0.15, 0.2) is 46.9 Å². The summed E-state index contributed by atoms with van der Waals surface area (Å²) in [5.74, 6) is 0.810. The lowest BCUT2D eigenvalue weighted by atomic mass is 10.1. The van der Waals surface area contributed by atoms with Crippen molar-refractivity contribution in [3.05, 3.63) is 53.6 Å². The fourth-order valence-electron chi connectivity index (χ4n) is 2.35. The molecule has 0 bridgehead atoms. The summed E-state index contributed by atoms with van der Waals surface area (Å²) in [6.45, 7) is 0. The van der Waals surface area contributed by atoms with Gasteiger partial charge in [-0.15, -0.1) is 0 Å². The number of halogens is 3. The van der Waals surface area contributed by atoms with Gasteiger partial charge in [0, 0.05) is 16.5 Å². The van der Waals surface area contributed by atoms with Crippen LogP contribution in [-0.2, 0) is 6.18 Å². The third-order valence-electron chi connectivity index (χ3n) is 3.52. The summed E-state index contributed by atoms with van der Waals surface area (Å²) in [4.78, 5) is 11.1. The van der Waals surface area contributed by atoms with Gasteiger partial charge in [0.05, 0.1) is 12.7 Å². The number of carbonyl (C=O) groups excluding carboxylic acids is 1. The van der Waals surface area contributed by atoms with Crippen LogP contribution in [0.3, 0.4) is 0 Å². The predicted molar refractivity (Wildman–Crippen MR) is 78.6 cm³/mol. The Bertz CT molecular complexity index is 861. The SMILES string of the molecule is COc1ccc(C=O)c2cc(-c3ccc(C(F)(F)F)cc3)oc12. The molecule has 118 valence electrons. The minimum atomic E-state index is -4.39. The van der Waals surface area contributed by atoms with Gasteiger partial charge in [-0.25, -0.2) is 0 Å². The number of benzene rings is 2. The standard InChI is InChI=1S/C17H11F3O3/c1-22-14-7-4-11(9-21)13-8-15(23-16(13)14)10-2-5-12(6-3-10)17(18,19)20/h2-9H,1H3. The molecule has 0 aliphatic rings. The van der Waals surface area contributed by atoms with E-state index in [1.165, 1.54) is 19.2 Å². The van der Waals surface area contributed by atoms with E-state index >= 15 is 0 Å². The monoisotopic (exact) mass is 320 g/mol. The van der Waals surface area contributed by atoms with Crippen molar-refractivity contribution in [2.75, 3.05) is 7.11 Å². The zero-order chi connectivity index (χ0) is 16.6. The number of methoxy groups -OCH3 is 1. The maximum Gasteiger partial charge on any atom is 0.416 e. The molecule has 3 nitrogen and oxygen atoms in total. The van der Waals surface area contributed by atoms with E-state index in [4.69, 9.17) is 9.15 Å². The minimum Gasteiger partial charge on any atom is -0.493 e. The van der Waals surface area contributed by atoms with Crippen molar-refractivity contribution in [3.63, 3.8) is 0 Å². The molecular formula is C17H11F3O3. The molecule has 0 spiro atoms. The van der Waals surface area contributed by atoms with Crippen LogP contribution < -0.4 is 4.74 Å². The largest absolute Gasteiger partial charge is 0.493 e. The van der Waals surface area contributed by atoms with Gasteiger partial charge in [-0.05, 0) is 30.3 Å². The van der Waals surface area contributed by atoms with E-state index in [9.17, 15) is 18.0 Å². The quantitative estimate of drug-likeness (QED) is 0.642. The number of aldehydes is 1. The number of hydrogen-bond acceptors (Lipinski definition) is 3. The van der Waals surface area contributed by atoms with E-state index in [0.717, 1.165) is 12.1 Å². The number of alkyl halides is 3. The molecule has 6 heteroatoms. The Morgan fingerprint density at radius 3 is 2.35 bits per heavy atom. The van der Waals surface area contributed by atoms with Crippen LogP contribution in [0.2, 0.25) is 0 Å². The third kappa shape index (κ3) is 2.67. The van der Waals surface area contributed by atoms with Crippen LogP contribution >= 0.6 is 0 Å². The Morgan fingerprint density at radius 2 is 1.78 bits per heavy atom. The van der Waals surface area contributed by atoms with Gasteiger partial charge in [-0.3, -0.25) is 4.79 Å². The predicted octanol–water partition coefficient (Wildman–Crippen LogP) is 4.94. The van der Waals surface area contributed by atoms with E-state index < -0.39 is 11.7 Å². The number of ether oxygens (including phenoxy) is 1. The van der Waals surface area contributed by atoms with E-state index in [1.807, 2.05) is 0 Å². The van der Waals surface area contributed by atoms with Crippen molar-refractivity contribution in [2.45, 2.75) is 6.18 Å². The topological polar surface area (TPSA) is 39.4 Å². The molecule has 0 saturated carbocycles. The van der Waals surface area contributed by atoms with Crippen molar-refractivity contribution in [1.82, 2.24) is 0 Å². The minimum absolute atomic E-state index is 0.362. The maximum atomic E-state index is 12.6. The number of hydrogen-bond donors (Lipinski definition) is 0. The van der Waals surface area contributed by atoms with Crippen LogP contribution in [0.25, 0.3) is 22.3 Å². The second-order valence-electron chi connectivity index (χ2n) is 4.90. The van der Waals surface area contributed by atoms with E-state index in [1.54, 1.807) is 18.2 Å². The Morgan fingerprint density at radius 1 is 1.09 bits per heavy atom. The maximum absolute atomic E-state index is 12.6. The van der Waals surface area contributed by atoms with Gasteiger partial charge in [0.2, 0.25) is 0 Å². The molecular weight excluding hydrogens is 309 g/mol. The van der Waals surface area contributed by atoms with Crippen molar-refractivity contribution in [1.29, 1.82) is 0 Å². The summed E-state index contributed by atoms with van der Waals surface area (Å²) in [5, 5.41) is 0.550. The second kappa shape index (κ2) is 5.46. The van der Waals surface area contributed by atoms with Gasteiger partial charge in [-0.2, -0.15) is 13.2 Å². The molecule has 0 fully saturated rings. The van der Waals surface area contributed by atoms with Crippen LogP contribution in [0.1, 0.15) is 15.9 Å². The van der Waals surface area contributed by atoms with Crippen LogP contribution in [0, 0.1) is 0 Å². The molecule has 23 heavy (non-hydrogen) atoms. The molecule has 0 amide bonds. The molecule has 1 aromatic heterocycles. The van der Waals surface area contributed by atoms with Crippen LogP contribution in [0.5, 0.6) is 5.75 Å². The highest BCUT2D eigenvalue weighted by Gasteiger charge is 2.30. The molecule has 0 N–H and O–H groups in total. The summed E-state index contributed by atoms with van der Waals surface area (Å²) in [6, 6.07) is 9.44. The lowest BCUT2D eigenvalue weighted by molar-refractivity contribution is -0.137. The fraction of sp³-hybridized carbons (Fsp3) is 0.118. The van der Waals surface area contributed by atoms with Crippen LogP contribution in [0.4, 0.5) is 13.2 Å². The average molecular weight is 320 g/mol. The average Bonchev–Trinajstić information content (AvgIpc) is 2.98. The summed E-state index contributed by atoms with van der Waals surface area (Å²) in [5.41, 5.74) is 0.548. The summed E-state index contributed by atoms with van der Waals surface area (Å²) in [6.07, 6.45) is -3.70. The van der Waals surface area contributed by atoms with Crippen molar-refractivity contribution >= 4 is 17.3 Å². The second-order valence-corrected chi connectivity index (χ2v) is 4.90. The Hall–Kier alpha value is -2.76. The van der Waals surface area contributed by atoms with Crippen molar-refractivity contribution in [3.8, 4) is 17.1 Å². The molecule has 3 aromatic rings. The fourth-order valence-corrected chi connectivity index (χ4v) is 2.35. The molecule has 0 aliphatic heterocycles. The third-order valence-corrected chi connectivity index (χ3v) is 3.52. The molecule has 2 aromatic carbocycles. The first-order valence-corrected chi connectivity index (χ1v) is 6.67. The molecule has 0 atom stereocenters. The van der Waals surface area contributed by atoms with E-state index in [-0.39, 0.29) is 0 Å². The summed E-state index contributed by atoms with van der Waals surface area (Å²) >= 11 is 0. The Kier molecular flexibility index (Phi) is 3.60. The van der Waals surface area contributed by atoms with Crippen molar-refractivity contribution in [2.24, 2.45) is 0 Å². The van der Waals surface area contributed by atoms with Gasteiger partial charge in [-0.1, -0.05) is 12.1 Å². The first kappa shape index (κ1) is 15.1. The summed E-state index contributed by atoms with van der Waals surface area (Å²) in [7, 11) is 1.47. The Labute approximate surface area is 129 Å².